The summed E-state index contributed by atoms with van der Waals surface area (Å²) in [5, 5.41) is 3.11. The second-order valence-corrected chi connectivity index (χ2v) is 12.2. The van der Waals surface area contributed by atoms with E-state index in [0.29, 0.717) is 28.6 Å². The number of benzene rings is 3. The van der Waals surface area contributed by atoms with Gasteiger partial charge in [0.1, 0.15) is 0 Å². The Morgan fingerprint density at radius 1 is 1.03 bits per heavy atom. The normalized spacial score (nSPS) is 20.1. The van der Waals surface area contributed by atoms with Crippen molar-refractivity contribution in [3.8, 4) is 22.6 Å². The second-order valence-electron chi connectivity index (χ2n) is 10.3. The molecule has 0 spiro atoms. The molecule has 0 bridgehead atoms. The quantitative estimate of drug-likeness (QED) is 0.465. The molecule has 1 N–H and O–H groups in total. The van der Waals surface area contributed by atoms with Gasteiger partial charge in [-0.2, -0.15) is 4.31 Å². The van der Waals surface area contributed by atoms with Crippen LogP contribution in [0.25, 0.3) is 11.1 Å². The van der Waals surface area contributed by atoms with E-state index in [-0.39, 0.29) is 20.2 Å². The lowest BCUT2D eigenvalue weighted by Gasteiger charge is -2.21. The number of sulfonamides is 1. The smallest absolute Gasteiger partial charge is 0.243 e. The number of rotatable bonds is 6. The van der Waals surface area contributed by atoms with E-state index < -0.39 is 15.4 Å². The van der Waals surface area contributed by atoms with Crippen LogP contribution in [0.1, 0.15) is 45.2 Å². The largest absolute Gasteiger partial charge is 0.454 e. The van der Waals surface area contributed by atoms with Crippen LogP contribution in [0.3, 0.4) is 0 Å². The molecular weight excluding hydrogens is 488 g/mol. The van der Waals surface area contributed by atoms with Crippen LogP contribution in [0, 0.1) is 6.92 Å². The molecule has 1 unspecified atom stereocenters. The molecule has 6 rings (SSSR count). The first-order valence-corrected chi connectivity index (χ1v) is 14.2. The van der Waals surface area contributed by atoms with E-state index in [4.69, 9.17) is 9.47 Å². The number of carbonyl (C=O) groups is 1. The van der Waals surface area contributed by atoms with E-state index in [1.807, 2.05) is 62.4 Å². The summed E-state index contributed by atoms with van der Waals surface area (Å²) in [6.07, 6.45) is 3.35. The maximum Gasteiger partial charge on any atom is 0.243 e. The predicted octanol–water partition coefficient (Wildman–Crippen LogP) is 5.48. The molecule has 37 heavy (non-hydrogen) atoms. The Labute approximate surface area is 218 Å². The maximum atomic E-state index is 13.4. The molecule has 1 atom stereocenters. The lowest BCUT2D eigenvalue weighted by Crippen LogP contribution is -2.33. The number of carbonyl (C=O) groups excluding carboxylic acids is 1. The molecule has 2 aliphatic heterocycles. The van der Waals surface area contributed by atoms with Crippen molar-refractivity contribution < 1.29 is 24.1 Å². The minimum absolute atomic E-state index is 0. The Bertz CT molecular complexity index is 1490. The third-order valence-electron chi connectivity index (χ3n) is 7.87. The van der Waals surface area contributed by atoms with E-state index >= 15 is 0 Å². The van der Waals surface area contributed by atoms with Crippen LogP contribution in [0.15, 0.2) is 65.6 Å². The summed E-state index contributed by atoms with van der Waals surface area (Å²) >= 11 is 0. The number of anilines is 1. The highest BCUT2D eigenvalue weighted by molar-refractivity contribution is 7.89. The molecule has 1 saturated heterocycles. The molecule has 1 saturated carbocycles. The Kier molecular flexibility index (Phi) is 5.76. The van der Waals surface area contributed by atoms with Crippen molar-refractivity contribution in [2.75, 3.05) is 18.7 Å². The van der Waals surface area contributed by atoms with Gasteiger partial charge in [-0.3, -0.25) is 4.79 Å². The molecule has 1 amide bonds. The number of nitrogens with one attached hydrogen (secondary N) is 1. The zero-order valence-electron chi connectivity index (χ0n) is 21.0. The summed E-state index contributed by atoms with van der Waals surface area (Å²) in [6, 6.07) is 18.6. The van der Waals surface area contributed by atoms with Gasteiger partial charge in [-0.15, -0.1) is 0 Å². The molecule has 194 valence electrons. The average molecular weight is 521 g/mol. The van der Waals surface area contributed by atoms with Gasteiger partial charge in [0.25, 0.3) is 0 Å². The molecule has 2 fully saturated rings. The number of nitrogens with zero attached hydrogens (tertiary/aromatic N) is 1. The SMILES string of the molecule is Cc1ccc(NC(=O)C2(c3ccc4c(c3)OCO4)CC2)cc1-c1ccc(S(=O)(=O)N2CCCC2C)cc1.[HH]. The van der Waals surface area contributed by atoms with Crippen LogP contribution < -0.4 is 14.8 Å². The molecular formula is C29H32N2O5S. The van der Waals surface area contributed by atoms with Gasteiger partial charge in [0, 0.05) is 19.7 Å². The number of aryl methyl sites for hydroxylation is 1. The first-order chi connectivity index (χ1) is 17.8. The van der Waals surface area contributed by atoms with Crippen molar-refractivity contribution in [2.24, 2.45) is 0 Å². The minimum atomic E-state index is -3.50. The molecule has 7 nitrogen and oxygen atoms in total. The van der Waals surface area contributed by atoms with Crippen LogP contribution in [0.2, 0.25) is 0 Å². The second kappa shape index (κ2) is 8.89. The number of fused-ring (bicyclic) bond motifs is 1. The van der Waals surface area contributed by atoms with E-state index in [0.717, 1.165) is 47.9 Å². The molecule has 2 heterocycles. The summed E-state index contributed by atoms with van der Waals surface area (Å²) in [5.74, 6) is 1.35. The van der Waals surface area contributed by atoms with Crippen molar-refractivity contribution in [1.29, 1.82) is 0 Å². The first-order valence-electron chi connectivity index (χ1n) is 12.7. The van der Waals surface area contributed by atoms with Gasteiger partial charge in [-0.25, -0.2) is 8.42 Å². The minimum Gasteiger partial charge on any atom is -0.454 e. The molecule has 0 aromatic heterocycles. The van der Waals surface area contributed by atoms with Gasteiger partial charge >= 0.3 is 0 Å². The fourth-order valence-corrected chi connectivity index (χ4v) is 7.13. The Morgan fingerprint density at radius 2 is 1.78 bits per heavy atom. The van der Waals surface area contributed by atoms with Crippen LogP contribution >= 0.6 is 0 Å². The third kappa shape index (κ3) is 4.18. The zero-order chi connectivity index (χ0) is 25.8. The Balaban J connectivity index is 0.00000294. The highest BCUT2D eigenvalue weighted by atomic mass is 32.2. The molecule has 3 aliphatic rings. The van der Waals surface area contributed by atoms with Gasteiger partial charge in [0.2, 0.25) is 22.7 Å². The first kappa shape index (κ1) is 24.0. The monoisotopic (exact) mass is 520 g/mol. The molecule has 0 radical (unpaired) electrons. The van der Waals surface area contributed by atoms with Crippen molar-refractivity contribution >= 4 is 21.6 Å². The lowest BCUT2D eigenvalue weighted by molar-refractivity contribution is -0.118. The Morgan fingerprint density at radius 3 is 2.49 bits per heavy atom. The fraction of sp³-hybridized carbons (Fsp3) is 0.345. The van der Waals surface area contributed by atoms with Crippen molar-refractivity contribution in [1.82, 2.24) is 4.31 Å². The molecule has 3 aromatic carbocycles. The average Bonchev–Trinajstić information content (AvgIpc) is 3.37. The van der Waals surface area contributed by atoms with Crippen LogP contribution in [-0.2, 0) is 20.2 Å². The summed E-state index contributed by atoms with van der Waals surface area (Å²) < 4.78 is 38.7. The highest BCUT2D eigenvalue weighted by Crippen LogP contribution is 2.51. The summed E-state index contributed by atoms with van der Waals surface area (Å²) in [6.45, 7) is 4.74. The predicted molar refractivity (Wildman–Crippen MR) is 143 cm³/mol. The van der Waals surface area contributed by atoms with Gasteiger partial charge in [-0.05, 0) is 98.2 Å². The van der Waals surface area contributed by atoms with Crippen molar-refractivity contribution in [3.63, 3.8) is 0 Å². The van der Waals surface area contributed by atoms with Crippen LogP contribution in [0.5, 0.6) is 11.5 Å². The van der Waals surface area contributed by atoms with Crippen LogP contribution in [0.4, 0.5) is 5.69 Å². The van der Waals surface area contributed by atoms with Gasteiger partial charge in [0.05, 0.1) is 10.3 Å². The summed E-state index contributed by atoms with van der Waals surface area (Å²) in [7, 11) is -3.50. The number of amides is 1. The van der Waals surface area contributed by atoms with Crippen LogP contribution in [-0.4, -0.2) is 38.0 Å². The third-order valence-corrected chi connectivity index (χ3v) is 9.90. The van der Waals surface area contributed by atoms with Gasteiger partial charge in [0.15, 0.2) is 11.5 Å². The molecule has 1 aliphatic carbocycles. The fourth-order valence-electron chi connectivity index (χ4n) is 5.43. The summed E-state index contributed by atoms with van der Waals surface area (Å²) in [5.41, 5.74) is 3.97. The standard InChI is InChI=1S/C29H30N2O5S.H2/c1-19-5-9-23(30-28(32)29(13-14-29)22-8-12-26-27(16-22)36-18-35-26)17-25(19)21-6-10-24(11-7-21)37(33,34)31-15-3-4-20(31)2;/h5-12,16-17,20H,3-4,13-15,18H2,1-2H3,(H,30,32);1H. The topological polar surface area (TPSA) is 84.9 Å². The number of hydrogen-bond acceptors (Lipinski definition) is 5. The van der Waals surface area contributed by atoms with Crippen molar-refractivity contribution in [3.05, 3.63) is 71.8 Å². The van der Waals surface area contributed by atoms with E-state index in [2.05, 4.69) is 5.32 Å². The Hall–Kier alpha value is -3.36. The van der Waals surface area contributed by atoms with E-state index in [1.165, 1.54) is 0 Å². The lowest BCUT2D eigenvalue weighted by atomic mass is 9.94. The maximum absolute atomic E-state index is 13.4. The van der Waals surface area contributed by atoms with Gasteiger partial charge in [-0.1, -0.05) is 24.3 Å². The van der Waals surface area contributed by atoms with Crippen molar-refractivity contribution in [2.45, 2.75) is 55.9 Å². The van der Waals surface area contributed by atoms with Gasteiger partial charge < -0.3 is 14.8 Å². The zero-order valence-corrected chi connectivity index (χ0v) is 21.8. The van der Waals surface area contributed by atoms with E-state index in [9.17, 15) is 13.2 Å². The van der Waals surface area contributed by atoms with E-state index in [1.54, 1.807) is 16.4 Å². The molecule has 8 heteroatoms. The number of ether oxygens (including phenoxy) is 2. The number of hydrogen-bond donors (Lipinski definition) is 1. The summed E-state index contributed by atoms with van der Waals surface area (Å²) in [4.78, 5) is 13.7. The molecule has 3 aromatic rings. The highest BCUT2D eigenvalue weighted by Gasteiger charge is 2.51.